The number of amides is 1. The van der Waals surface area contributed by atoms with Crippen molar-refractivity contribution in [1.29, 1.82) is 0 Å². The summed E-state index contributed by atoms with van der Waals surface area (Å²) >= 11 is 0. The van der Waals surface area contributed by atoms with E-state index in [-0.39, 0.29) is 24.7 Å². The Morgan fingerprint density at radius 2 is 2.50 bits per heavy atom. The average Bonchev–Trinajstić information content (AvgIpc) is 2.82. The van der Waals surface area contributed by atoms with Gasteiger partial charge in [-0.05, 0) is 19.1 Å². The van der Waals surface area contributed by atoms with Gasteiger partial charge in [-0.2, -0.15) is 0 Å². The lowest BCUT2D eigenvalue weighted by molar-refractivity contribution is -0.0673. The molecule has 2 atom stereocenters. The third-order valence-electron chi connectivity index (χ3n) is 2.70. The maximum Gasteiger partial charge on any atom is 0.289 e. The number of nitrogens with zero attached hydrogens (tertiary/aromatic N) is 1. The van der Waals surface area contributed by atoms with E-state index in [4.69, 9.17) is 14.3 Å². The third kappa shape index (κ3) is 2.10. The summed E-state index contributed by atoms with van der Waals surface area (Å²) in [5, 5.41) is 9.02. The maximum absolute atomic E-state index is 12.0. The van der Waals surface area contributed by atoms with E-state index in [0.717, 1.165) is 0 Å². The number of furan rings is 1. The fourth-order valence-electron chi connectivity index (χ4n) is 1.75. The standard InChI is InChI=1S/C11H15NO4/c1-8-7-16-9(6-13)5-12(8)11(14)10-3-2-4-15-10/h2-4,8-9,13H,5-7H2,1H3. The van der Waals surface area contributed by atoms with Crippen LogP contribution in [0.15, 0.2) is 22.8 Å². The largest absolute Gasteiger partial charge is 0.459 e. The molecular weight excluding hydrogens is 210 g/mol. The first-order valence-corrected chi connectivity index (χ1v) is 5.29. The minimum absolute atomic E-state index is 0.000370. The lowest BCUT2D eigenvalue weighted by atomic mass is 10.2. The van der Waals surface area contributed by atoms with Crippen LogP contribution in [0.1, 0.15) is 17.5 Å². The van der Waals surface area contributed by atoms with Crippen molar-refractivity contribution < 1.29 is 19.1 Å². The fourth-order valence-corrected chi connectivity index (χ4v) is 1.75. The zero-order valence-corrected chi connectivity index (χ0v) is 9.13. The average molecular weight is 225 g/mol. The molecule has 16 heavy (non-hydrogen) atoms. The summed E-state index contributed by atoms with van der Waals surface area (Å²) in [5.74, 6) is 0.171. The van der Waals surface area contributed by atoms with E-state index in [9.17, 15) is 4.79 Å². The van der Waals surface area contributed by atoms with E-state index in [1.54, 1.807) is 17.0 Å². The molecule has 1 aromatic rings. The summed E-state index contributed by atoms with van der Waals surface area (Å²) < 4.78 is 10.4. The van der Waals surface area contributed by atoms with E-state index in [2.05, 4.69) is 0 Å². The Kier molecular flexibility index (Phi) is 3.26. The topological polar surface area (TPSA) is 62.9 Å². The molecule has 0 bridgehead atoms. The van der Waals surface area contributed by atoms with Crippen LogP contribution in [0, 0.1) is 0 Å². The molecule has 0 saturated carbocycles. The quantitative estimate of drug-likeness (QED) is 0.796. The highest BCUT2D eigenvalue weighted by molar-refractivity contribution is 5.91. The first-order valence-electron chi connectivity index (χ1n) is 5.29. The first-order chi connectivity index (χ1) is 7.72. The molecule has 5 nitrogen and oxygen atoms in total. The zero-order chi connectivity index (χ0) is 11.5. The van der Waals surface area contributed by atoms with Crippen LogP contribution in [0.2, 0.25) is 0 Å². The first kappa shape index (κ1) is 11.2. The molecule has 1 N–H and O–H groups in total. The SMILES string of the molecule is CC1COC(CO)CN1C(=O)c1ccco1. The Balaban J connectivity index is 2.09. The van der Waals surface area contributed by atoms with Gasteiger partial charge >= 0.3 is 0 Å². The Morgan fingerprint density at radius 1 is 1.69 bits per heavy atom. The number of rotatable bonds is 2. The highest BCUT2D eigenvalue weighted by Gasteiger charge is 2.30. The maximum atomic E-state index is 12.0. The van der Waals surface area contributed by atoms with E-state index < -0.39 is 0 Å². The van der Waals surface area contributed by atoms with Gasteiger partial charge in [-0.3, -0.25) is 4.79 Å². The van der Waals surface area contributed by atoms with Crippen molar-refractivity contribution in [2.45, 2.75) is 19.1 Å². The molecule has 2 unspecified atom stereocenters. The highest BCUT2D eigenvalue weighted by Crippen LogP contribution is 2.15. The van der Waals surface area contributed by atoms with Crippen LogP contribution in [-0.4, -0.2) is 47.8 Å². The van der Waals surface area contributed by atoms with Crippen molar-refractivity contribution in [3.05, 3.63) is 24.2 Å². The summed E-state index contributed by atoms with van der Waals surface area (Å²) in [5.41, 5.74) is 0. The summed E-state index contributed by atoms with van der Waals surface area (Å²) in [6.45, 7) is 2.68. The molecule has 2 rings (SSSR count). The number of morpholine rings is 1. The number of carbonyl (C=O) groups excluding carboxylic acids is 1. The number of aliphatic hydroxyl groups is 1. The van der Waals surface area contributed by atoms with Gasteiger partial charge in [0.15, 0.2) is 5.76 Å². The van der Waals surface area contributed by atoms with Gasteiger partial charge in [-0.15, -0.1) is 0 Å². The molecule has 0 aliphatic carbocycles. The van der Waals surface area contributed by atoms with Crippen molar-refractivity contribution in [2.24, 2.45) is 0 Å². The summed E-state index contributed by atoms with van der Waals surface area (Å²) in [7, 11) is 0. The van der Waals surface area contributed by atoms with Crippen LogP contribution >= 0.6 is 0 Å². The molecule has 1 saturated heterocycles. The van der Waals surface area contributed by atoms with Crippen LogP contribution < -0.4 is 0 Å². The van der Waals surface area contributed by atoms with E-state index in [1.807, 2.05) is 6.92 Å². The van der Waals surface area contributed by atoms with Crippen molar-refractivity contribution >= 4 is 5.91 Å². The van der Waals surface area contributed by atoms with Crippen molar-refractivity contribution in [1.82, 2.24) is 4.90 Å². The van der Waals surface area contributed by atoms with E-state index >= 15 is 0 Å². The van der Waals surface area contributed by atoms with Gasteiger partial charge in [-0.25, -0.2) is 0 Å². The van der Waals surface area contributed by atoms with Gasteiger partial charge in [0.1, 0.15) is 0 Å². The summed E-state index contributed by atoms with van der Waals surface area (Å²) in [4.78, 5) is 13.7. The summed E-state index contributed by atoms with van der Waals surface area (Å²) in [6.07, 6.45) is 1.18. The van der Waals surface area contributed by atoms with Crippen molar-refractivity contribution in [3.63, 3.8) is 0 Å². The van der Waals surface area contributed by atoms with Crippen LogP contribution in [0.25, 0.3) is 0 Å². The Hall–Kier alpha value is -1.33. The molecule has 0 radical (unpaired) electrons. The lowest BCUT2D eigenvalue weighted by Crippen LogP contribution is -2.51. The van der Waals surface area contributed by atoms with Gasteiger partial charge in [0.25, 0.3) is 5.91 Å². The normalized spacial score (nSPS) is 25.8. The number of hydrogen-bond donors (Lipinski definition) is 1. The minimum Gasteiger partial charge on any atom is -0.459 e. The van der Waals surface area contributed by atoms with Gasteiger partial charge in [0.05, 0.1) is 31.6 Å². The molecule has 1 amide bonds. The van der Waals surface area contributed by atoms with Crippen LogP contribution in [0.3, 0.4) is 0 Å². The molecule has 0 aromatic carbocycles. The monoisotopic (exact) mass is 225 g/mol. The Labute approximate surface area is 93.6 Å². The molecule has 1 aromatic heterocycles. The van der Waals surface area contributed by atoms with Crippen LogP contribution in [0.4, 0.5) is 0 Å². The Morgan fingerprint density at radius 3 is 3.12 bits per heavy atom. The van der Waals surface area contributed by atoms with E-state index in [0.29, 0.717) is 18.9 Å². The van der Waals surface area contributed by atoms with Gasteiger partial charge in [-0.1, -0.05) is 0 Å². The molecule has 0 spiro atoms. The van der Waals surface area contributed by atoms with Crippen LogP contribution in [0.5, 0.6) is 0 Å². The molecule has 5 heteroatoms. The second-order valence-corrected chi connectivity index (χ2v) is 3.92. The molecular formula is C11H15NO4. The van der Waals surface area contributed by atoms with Gasteiger partial charge in [0, 0.05) is 6.54 Å². The molecule has 1 aliphatic heterocycles. The summed E-state index contributed by atoms with van der Waals surface area (Å²) in [6, 6.07) is 3.32. The van der Waals surface area contributed by atoms with Gasteiger partial charge < -0.3 is 19.2 Å². The minimum atomic E-state index is -0.296. The second kappa shape index (κ2) is 4.67. The lowest BCUT2D eigenvalue weighted by Gasteiger charge is -2.36. The van der Waals surface area contributed by atoms with Crippen molar-refractivity contribution in [3.8, 4) is 0 Å². The smallest absolute Gasteiger partial charge is 0.289 e. The number of ether oxygens (including phenoxy) is 1. The number of carbonyl (C=O) groups is 1. The number of aliphatic hydroxyl groups excluding tert-OH is 1. The molecule has 1 aliphatic rings. The zero-order valence-electron chi connectivity index (χ0n) is 9.13. The predicted molar refractivity (Wildman–Crippen MR) is 56.0 cm³/mol. The Bertz CT molecular complexity index is 349. The fraction of sp³-hybridized carbons (Fsp3) is 0.545. The molecule has 1 fully saturated rings. The van der Waals surface area contributed by atoms with Gasteiger partial charge in [0.2, 0.25) is 0 Å². The highest BCUT2D eigenvalue weighted by atomic mass is 16.5. The van der Waals surface area contributed by atoms with Crippen LogP contribution in [-0.2, 0) is 4.74 Å². The van der Waals surface area contributed by atoms with E-state index in [1.165, 1.54) is 6.26 Å². The molecule has 88 valence electrons. The number of hydrogen-bond acceptors (Lipinski definition) is 4. The van der Waals surface area contributed by atoms with Crippen molar-refractivity contribution in [2.75, 3.05) is 19.8 Å². The third-order valence-corrected chi connectivity index (χ3v) is 2.70. The molecule has 2 heterocycles. The second-order valence-electron chi connectivity index (χ2n) is 3.92. The predicted octanol–water partition coefficient (Wildman–Crippen LogP) is 0.501.